The van der Waals surface area contributed by atoms with Crippen LogP contribution in [0.15, 0.2) is 30.3 Å². The molecule has 3 nitrogen and oxygen atoms in total. The fourth-order valence-corrected chi connectivity index (χ4v) is 1.75. The first-order chi connectivity index (χ1) is 7.38. The minimum absolute atomic E-state index is 0.275. The summed E-state index contributed by atoms with van der Waals surface area (Å²) in [6, 6.07) is 10.3. The highest BCUT2D eigenvalue weighted by Gasteiger charge is 2.23. The van der Waals surface area contributed by atoms with E-state index in [9.17, 15) is 0 Å². The molecular weight excluding hydrogens is 188 g/mol. The van der Waals surface area contributed by atoms with Crippen LogP contribution in [0, 0.1) is 6.57 Å². The molecule has 0 saturated carbocycles. The summed E-state index contributed by atoms with van der Waals surface area (Å²) in [5.74, 6) is 0. The van der Waals surface area contributed by atoms with E-state index < -0.39 is 0 Å². The second-order valence-corrected chi connectivity index (χ2v) is 3.68. The molecule has 0 radical (unpaired) electrons. The quantitative estimate of drug-likeness (QED) is 0.680. The molecule has 0 aliphatic carbocycles. The van der Waals surface area contributed by atoms with Crippen molar-refractivity contribution in [3.05, 3.63) is 47.3 Å². The Bertz CT molecular complexity index is 344. The van der Waals surface area contributed by atoms with Gasteiger partial charge in [0.2, 0.25) is 0 Å². The first-order valence-electron chi connectivity index (χ1n) is 5.13. The van der Waals surface area contributed by atoms with E-state index in [1.165, 1.54) is 5.56 Å². The Balaban J connectivity index is 1.93. The number of benzene rings is 1. The smallest absolute Gasteiger partial charge is 0.308 e. The van der Waals surface area contributed by atoms with Crippen LogP contribution in [0.25, 0.3) is 4.85 Å². The van der Waals surface area contributed by atoms with Gasteiger partial charge in [0, 0.05) is 13.1 Å². The molecule has 0 aromatic heterocycles. The van der Waals surface area contributed by atoms with Gasteiger partial charge in [-0.15, -0.1) is 0 Å². The molecule has 0 bridgehead atoms. The third-order valence-electron chi connectivity index (χ3n) is 2.53. The van der Waals surface area contributed by atoms with Gasteiger partial charge in [-0.25, -0.2) is 6.57 Å². The van der Waals surface area contributed by atoms with Gasteiger partial charge in [0.25, 0.3) is 0 Å². The molecule has 1 atom stereocenters. The van der Waals surface area contributed by atoms with E-state index in [4.69, 9.17) is 11.3 Å². The van der Waals surface area contributed by atoms with Crippen LogP contribution in [0.5, 0.6) is 0 Å². The Morgan fingerprint density at radius 1 is 1.40 bits per heavy atom. The number of ether oxygens (including phenoxy) is 1. The van der Waals surface area contributed by atoms with Gasteiger partial charge >= 0.3 is 6.23 Å². The normalized spacial score (nSPS) is 22.2. The summed E-state index contributed by atoms with van der Waals surface area (Å²) in [7, 11) is 0. The first kappa shape index (κ1) is 10.2. The van der Waals surface area contributed by atoms with Gasteiger partial charge in [0.05, 0.1) is 6.61 Å². The number of morpholine rings is 1. The molecule has 1 aromatic carbocycles. The molecule has 3 heteroatoms. The van der Waals surface area contributed by atoms with E-state index >= 15 is 0 Å². The maximum Gasteiger partial charge on any atom is 0.340 e. The van der Waals surface area contributed by atoms with E-state index in [0.717, 1.165) is 19.6 Å². The van der Waals surface area contributed by atoms with Crippen molar-refractivity contribution in [1.82, 2.24) is 4.90 Å². The Kier molecular flexibility index (Phi) is 3.33. The summed E-state index contributed by atoms with van der Waals surface area (Å²) in [4.78, 5) is 5.69. The predicted octanol–water partition coefficient (Wildman–Crippen LogP) is 1.76. The summed E-state index contributed by atoms with van der Waals surface area (Å²) in [5.41, 5.74) is 1.29. The van der Waals surface area contributed by atoms with Crippen molar-refractivity contribution in [2.75, 3.05) is 19.7 Å². The molecule has 1 heterocycles. The topological polar surface area (TPSA) is 16.8 Å². The molecule has 15 heavy (non-hydrogen) atoms. The fraction of sp³-hybridized carbons (Fsp3) is 0.417. The van der Waals surface area contributed by atoms with Crippen molar-refractivity contribution in [3.8, 4) is 0 Å². The zero-order valence-corrected chi connectivity index (χ0v) is 8.60. The highest BCUT2D eigenvalue weighted by molar-refractivity contribution is 5.14. The van der Waals surface area contributed by atoms with Gasteiger partial charge in [0.1, 0.15) is 6.54 Å². The summed E-state index contributed by atoms with van der Waals surface area (Å²) in [6.07, 6.45) is -0.275. The van der Waals surface area contributed by atoms with Crippen LogP contribution in [-0.4, -0.2) is 30.8 Å². The van der Waals surface area contributed by atoms with Crippen molar-refractivity contribution < 1.29 is 4.74 Å². The maximum absolute atomic E-state index is 6.94. The molecule has 1 unspecified atom stereocenters. The second-order valence-electron chi connectivity index (χ2n) is 3.68. The molecule has 1 fully saturated rings. The van der Waals surface area contributed by atoms with E-state index in [1.807, 2.05) is 18.2 Å². The van der Waals surface area contributed by atoms with Crippen LogP contribution in [0.4, 0.5) is 0 Å². The average Bonchev–Trinajstić information content (AvgIpc) is 2.31. The molecule has 0 amide bonds. The lowest BCUT2D eigenvalue weighted by atomic mass is 10.2. The molecule has 78 valence electrons. The minimum Gasteiger partial charge on any atom is -0.308 e. The number of hydrogen-bond donors (Lipinski definition) is 0. The molecule has 1 aromatic rings. The monoisotopic (exact) mass is 202 g/mol. The van der Waals surface area contributed by atoms with Crippen molar-refractivity contribution in [1.29, 1.82) is 0 Å². The first-order valence-corrected chi connectivity index (χ1v) is 5.13. The molecule has 0 spiro atoms. The zero-order valence-electron chi connectivity index (χ0n) is 8.60. The van der Waals surface area contributed by atoms with Crippen molar-refractivity contribution in [2.45, 2.75) is 12.8 Å². The van der Waals surface area contributed by atoms with E-state index in [0.29, 0.717) is 6.61 Å². The summed E-state index contributed by atoms with van der Waals surface area (Å²) in [5, 5.41) is 0. The summed E-state index contributed by atoms with van der Waals surface area (Å²) < 4.78 is 5.30. The minimum atomic E-state index is -0.275. The Labute approximate surface area is 90.1 Å². The van der Waals surface area contributed by atoms with Crippen LogP contribution < -0.4 is 0 Å². The van der Waals surface area contributed by atoms with E-state index in [2.05, 4.69) is 21.9 Å². The van der Waals surface area contributed by atoms with Crippen LogP contribution >= 0.6 is 0 Å². The molecule has 1 saturated heterocycles. The standard InChI is InChI=1S/C12H14N2O/c1-13-12-10-14(7-8-15-12)9-11-5-3-2-4-6-11/h2-6,12H,7-10H2. The second kappa shape index (κ2) is 4.92. The van der Waals surface area contributed by atoms with Crippen molar-refractivity contribution in [2.24, 2.45) is 0 Å². The lowest BCUT2D eigenvalue weighted by Gasteiger charge is -2.26. The zero-order chi connectivity index (χ0) is 10.5. The van der Waals surface area contributed by atoms with Crippen LogP contribution in [0.1, 0.15) is 5.56 Å². The molecule has 1 aliphatic rings. The predicted molar refractivity (Wildman–Crippen MR) is 58.1 cm³/mol. The average molecular weight is 202 g/mol. The summed E-state index contributed by atoms with van der Waals surface area (Å²) >= 11 is 0. The number of nitrogens with zero attached hydrogens (tertiary/aromatic N) is 2. The largest absolute Gasteiger partial charge is 0.340 e. The van der Waals surface area contributed by atoms with E-state index in [-0.39, 0.29) is 6.23 Å². The highest BCUT2D eigenvalue weighted by atomic mass is 16.5. The van der Waals surface area contributed by atoms with Crippen LogP contribution in [-0.2, 0) is 11.3 Å². The van der Waals surface area contributed by atoms with Gasteiger partial charge in [-0.2, -0.15) is 0 Å². The number of rotatable bonds is 2. The molecule has 2 rings (SSSR count). The van der Waals surface area contributed by atoms with Crippen LogP contribution in [0.2, 0.25) is 0 Å². The Hall–Kier alpha value is -1.37. The van der Waals surface area contributed by atoms with E-state index in [1.54, 1.807) is 0 Å². The fourth-order valence-electron chi connectivity index (χ4n) is 1.75. The van der Waals surface area contributed by atoms with Gasteiger partial charge in [-0.05, 0) is 5.56 Å². The maximum atomic E-state index is 6.94. The van der Waals surface area contributed by atoms with Gasteiger partial charge < -0.3 is 4.74 Å². The SMILES string of the molecule is [C-]#[N+]C1CN(Cc2ccccc2)CCO1. The lowest BCUT2D eigenvalue weighted by Crippen LogP contribution is -2.40. The molecule has 1 aliphatic heterocycles. The van der Waals surface area contributed by atoms with Gasteiger partial charge in [-0.3, -0.25) is 9.74 Å². The third kappa shape index (κ3) is 2.79. The highest BCUT2D eigenvalue weighted by Crippen LogP contribution is 2.10. The van der Waals surface area contributed by atoms with Crippen molar-refractivity contribution >= 4 is 0 Å². The van der Waals surface area contributed by atoms with Gasteiger partial charge in [-0.1, -0.05) is 30.3 Å². The number of hydrogen-bond acceptors (Lipinski definition) is 2. The Morgan fingerprint density at radius 2 is 2.20 bits per heavy atom. The van der Waals surface area contributed by atoms with Gasteiger partial charge in [0.15, 0.2) is 0 Å². The summed E-state index contributed by atoms with van der Waals surface area (Å²) in [6.45, 7) is 10.2. The Morgan fingerprint density at radius 3 is 2.93 bits per heavy atom. The third-order valence-corrected chi connectivity index (χ3v) is 2.53. The van der Waals surface area contributed by atoms with Crippen molar-refractivity contribution in [3.63, 3.8) is 0 Å². The molecular formula is C12H14N2O. The molecule has 0 N–H and O–H groups in total. The van der Waals surface area contributed by atoms with Crippen LogP contribution in [0.3, 0.4) is 0 Å². The lowest BCUT2D eigenvalue weighted by molar-refractivity contribution is -0.00778.